The van der Waals surface area contributed by atoms with E-state index in [0.717, 1.165) is 48.6 Å². The average molecular weight is 427 g/mol. The normalized spacial score (nSPS) is 22.4. The lowest BCUT2D eigenvalue weighted by molar-refractivity contribution is 0.149. The van der Waals surface area contributed by atoms with Crippen LogP contribution in [0.3, 0.4) is 0 Å². The maximum absolute atomic E-state index is 13.5. The summed E-state index contributed by atoms with van der Waals surface area (Å²) < 4.78 is 13.5. The molecule has 1 saturated carbocycles. The van der Waals surface area contributed by atoms with E-state index in [1.165, 1.54) is 12.1 Å². The number of nitrogens with one attached hydrogen (secondary N) is 1. The highest BCUT2D eigenvalue weighted by molar-refractivity contribution is 6.32. The number of nitrogens with two attached hydrogens (primary N) is 1. The van der Waals surface area contributed by atoms with Gasteiger partial charge in [-0.25, -0.2) is 4.39 Å². The summed E-state index contributed by atoms with van der Waals surface area (Å²) in [5.74, 6) is 0.278. The van der Waals surface area contributed by atoms with Gasteiger partial charge in [0.2, 0.25) is 0 Å². The lowest BCUT2D eigenvalue weighted by Gasteiger charge is -2.49. The Morgan fingerprint density at radius 1 is 1.17 bits per heavy atom. The van der Waals surface area contributed by atoms with Gasteiger partial charge in [-0.15, -0.1) is 0 Å². The maximum Gasteiger partial charge on any atom is 0.255 e. The average Bonchev–Trinajstić information content (AvgIpc) is 2.70. The lowest BCUT2D eigenvalue weighted by atomic mass is 9.57. The molecule has 0 saturated heterocycles. The number of aromatic nitrogens is 1. The van der Waals surface area contributed by atoms with Gasteiger partial charge in [0.15, 0.2) is 0 Å². The first-order valence-corrected chi connectivity index (χ1v) is 10.9. The number of hydrogen-bond donors (Lipinski definition) is 2. The molecule has 1 aromatic heterocycles. The van der Waals surface area contributed by atoms with Crippen molar-refractivity contribution >= 4 is 22.4 Å². The van der Waals surface area contributed by atoms with Crippen molar-refractivity contribution < 1.29 is 4.39 Å². The number of H-pyrrole nitrogens is 1. The van der Waals surface area contributed by atoms with E-state index >= 15 is 0 Å². The molecule has 0 radical (unpaired) electrons. The summed E-state index contributed by atoms with van der Waals surface area (Å²) in [5.41, 5.74) is 8.18. The van der Waals surface area contributed by atoms with Crippen molar-refractivity contribution in [1.29, 1.82) is 0 Å². The van der Waals surface area contributed by atoms with Gasteiger partial charge in [0, 0.05) is 27.6 Å². The zero-order valence-corrected chi connectivity index (χ0v) is 18.2. The SMILES string of the molecule is CC(C)(N)C1(c2ccc(F)cc2)CCC(Cc2cc3cc[nH]c(=O)c3cc2Cl)CC1. The van der Waals surface area contributed by atoms with E-state index in [4.69, 9.17) is 17.3 Å². The van der Waals surface area contributed by atoms with Gasteiger partial charge in [0.1, 0.15) is 5.82 Å². The largest absolute Gasteiger partial charge is 0.329 e. The van der Waals surface area contributed by atoms with Gasteiger partial charge in [-0.2, -0.15) is 0 Å². The Labute approximate surface area is 181 Å². The number of pyridine rings is 1. The summed E-state index contributed by atoms with van der Waals surface area (Å²) >= 11 is 6.53. The minimum Gasteiger partial charge on any atom is -0.329 e. The molecular formula is C25H28ClFN2O. The molecule has 3 aromatic rings. The Bertz CT molecular complexity index is 1110. The van der Waals surface area contributed by atoms with Crippen molar-refractivity contribution in [2.24, 2.45) is 11.7 Å². The van der Waals surface area contributed by atoms with Crippen LogP contribution < -0.4 is 11.3 Å². The number of aromatic amines is 1. The molecule has 2 aromatic carbocycles. The molecule has 0 atom stereocenters. The summed E-state index contributed by atoms with van der Waals surface area (Å²) in [6, 6.07) is 12.6. The summed E-state index contributed by atoms with van der Waals surface area (Å²) in [6.45, 7) is 4.16. The van der Waals surface area contributed by atoms with Crippen molar-refractivity contribution in [2.45, 2.75) is 56.9 Å². The molecule has 3 nitrogen and oxygen atoms in total. The molecule has 0 spiro atoms. The third-order valence-corrected chi connectivity index (χ3v) is 7.39. The fourth-order valence-corrected chi connectivity index (χ4v) is 5.41. The molecule has 0 bridgehead atoms. The Kier molecular flexibility index (Phi) is 5.50. The van der Waals surface area contributed by atoms with E-state index < -0.39 is 5.54 Å². The van der Waals surface area contributed by atoms with Crippen LogP contribution in [0.5, 0.6) is 0 Å². The van der Waals surface area contributed by atoms with Crippen LogP contribution in [0, 0.1) is 11.7 Å². The van der Waals surface area contributed by atoms with Crippen LogP contribution in [0.2, 0.25) is 5.02 Å². The minimum absolute atomic E-state index is 0.118. The van der Waals surface area contributed by atoms with Crippen molar-refractivity contribution in [3.63, 3.8) is 0 Å². The van der Waals surface area contributed by atoms with Gasteiger partial charge in [-0.3, -0.25) is 4.79 Å². The van der Waals surface area contributed by atoms with Crippen molar-refractivity contribution in [1.82, 2.24) is 4.98 Å². The summed E-state index contributed by atoms with van der Waals surface area (Å²) in [5, 5.41) is 2.18. The van der Waals surface area contributed by atoms with Crippen LogP contribution >= 0.6 is 11.6 Å². The quantitative estimate of drug-likeness (QED) is 0.559. The van der Waals surface area contributed by atoms with Crippen LogP contribution in [0.4, 0.5) is 4.39 Å². The van der Waals surface area contributed by atoms with E-state index in [2.05, 4.69) is 18.8 Å². The standard InChI is InChI=1S/C25H28ClFN2O/c1-24(2,28)25(19-3-5-20(27)6-4-19)10-7-16(8-11-25)13-18-14-17-9-12-29-23(30)21(17)15-22(18)26/h3-6,9,12,14-16H,7-8,10-11,13,28H2,1-2H3,(H,29,30). The van der Waals surface area contributed by atoms with E-state index in [1.54, 1.807) is 12.3 Å². The molecule has 0 aliphatic heterocycles. The second-order valence-electron chi connectivity index (χ2n) is 9.30. The molecule has 158 valence electrons. The van der Waals surface area contributed by atoms with Crippen LogP contribution in [0.25, 0.3) is 10.8 Å². The highest BCUT2D eigenvalue weighted by Crippen LogP contribution is 2.48. The highest BCUT2D eigenvalue weighted by atomic mass is 35.5. The first-order valence-electron chi connectivity index (χ1n) is 10.5. The molecule has 30 heavy (non-hydrogen) atoms. The Morgan fingerprint density at radius 3 is 2.47 bits per heavy atom. The van der Waals surface area contributed by atoms with Gasteiger partial charge < -0.3 is 10.7 Å². The Morgan fingerprint density at radius 2 is 1.83 bits per heavy atom. The highest BCUT2D eigenvalue weighted by Gasteiger charge is 2.46. The van der Waals surface area contributed by atoms with Gasteiger partial charge in [0.05, 0.1) is 0 Å². The fourth-order valence-electron chi connectivity index (χ4n) is 5.17. The molecule has 4 rings (SSSR count). The van der Waals surface area contributed by atoms with Gasteiger partial charge >= 0.3 is 0 Å². The third-order valence-electron chi connectivity index (χ3n) is 7.04. The third kappa shape index (κ3) is 3.79. The molecule has 1 aliphatic rings. The van der Waals surface area contributed by atoms with Crippen LogP contribution in [-0.4, -0.2) is 10.5 Å². The number of rotatable bonds is 4. The number of hydrogen-bond acceptors (Lipinski definition) is 2. The topological polar surface area (TPSA) is 58.9 Å². The van der Waals surface area contributed by atoms with Gasteiger partial charge in [-0.1, -0.05) is 23.7 Å². The molecule has 0 unspecified atom stereocenters. The van der Waals surface area contributed by atoms with E-state index in [1.807, 2.05) is 24.3 Å². The van der Waals surface area contributed by atoms with E-state index in [9.17, 15) is 9.18 Å². The zero-order chi connectivity index (χ0) is 21.5. The van der Waals surface area contributed by atoms with Crippen molar-refractivity contribution in [3.05, 3.63) is 81.0 Å². The molecule has 0 amide bonds. The molecule has 3 N–H and O–H groups in total. The van der Waals surface area contributed by atoms with Crippen molar-refractivity contribution in [3.8, 4) is 0 Å². The fraction of sp³-hybridized carbons (Fsp3) is 0.400. The van der Waals surface area contributed by atoms with Gasteiger partial charge in [0.25, 0.3) is 5.56 Å². The number of fused-ring (bicyclic) bond motifs is 1. The predicted octanol–water partition coefficient (Wildman–Crippen LogP) is 5.73. The first-order chi connectivity index (χ1) is 14.2. The predicted molar refractivity (Wildman–Crippen MR) is 122 cm³/mol. The van der Waals surface area contributed by atoms with Crippen molar-refractivity contribution in [2.75, 3.05) is 0 Å². The Hall–Kier alpha value is -2.17. The summed E-state index contributed by atoms with van der Waals surface area (Å²) in [7, 11) is 0. The molecule has 1 heterocycles. The Balaban J connectivity index is 1.56. The van der Waals surface area contributed by atoms with Crippen LogP contribution in [0.15, 0.2) is 53.5 Å². The van der Waals surface area contributed by atoms with Gasteiger partial charge in [-0.05, 0) is 98.7 Å². The minimum atomic E-state index is -0.405. The molecule has 1 aliphatic carbocycles. The van der Waals surface area contributed by atoms with E-state index in [0.29, 0.717) is 16.3 Å². The lowest BCUT2D eigenvalue weighted by Crippen LogP contribution is -2.55. The van der Waals surface area contributed by atoms with Crippen LogP contribution in [-0.2, 0) is 11.8 Å². The maximum atomic E-state index is 13.5. The molecule has 1 fully saturated rings. The van der Waals surface area contributed by atoms with E-state index in [-0.39, 0.29) is 16.8 Å². The summed E-state index contributed by atoms with van der Waals surface area (Å²) in [6.07, 6.45) is 6.52. The first kappa shape index (κ1) is 21.1. The zero-order valence-electron chi connectivity index (χ0n) is 17.5. The monoisotopic (exact) mass is 426 g/mol. The molecular weight excluding hydrogens is 399 g/mol. The second kappa shape index (κ2) is 7.82. The van der Waals surface area contributed by atoms with Crippen LogP contribution in [0.1, 0.15) is 50.7 Å². The number of halogens is 2. The second-order valence-corrected chi connectivity index (χ2v) is 9.70. The smallest absolute Gasteiger partial charge is 0.255 e. The number of benzene rings is 2. The molecule has 5 heteroatoms. The summed E-state index contributed by atoms with van der Waals surface area (Å²) in [4.78, 5) is 14.7.